The van der Waals surface area contributed by atoms with Crippen molar-refractivity contribution >= 4 is 5.97 Å². The number of benzene rings is 1. The van der Waals surface area contributed by atoms with Crippen LogP contribution in [0.2, 0.25) is 0 Å². The molecule has 0 amide bonds. The number of hydrogen-bond donors (Lipinski definition) is 1. The van der Waals surface area contributed by atoms with E-state index in [1.54, 1.807) is 12.1 Å². The summed E-state index contributed by atoms with van der Waals surface area (Å²) in [5, 5.41) is 17.8. The van der Waals surface area contributed by atoms with E-state index in [4.69, 9.17) is 14.8 Å². The van der Waals surface area contributed by atoms with E-state index in [-0.39, 0.29) is 5.89 Å². The van der Waals surface area contributed by atoms with Crippen molar-refractivity contribution in [3.63, 3.8) is 0 Å². The monoisotopic (exact) mass is 254 g/mol. The van der Waals surface area contributed by atoms with Gasteiger partial charge in [-0.2, -0.15) is 5.26 Å². The smallest absolute Gasteiger partial charge is 0.392 e. The van der Waals surface area contributed by atoms with E-state index in [1.165, 1.54) is 6.20 Å². The summed E-state index contributed by atoms with van der Waals surface area (Å²) in [6.07, 6.45) is 3.61. The van der Waals surface area contributed by atoms with Crippen LogP contribution < -0.4 is 0 Å². The van der Waals surface area contributed by atoms with E-state index in [1.807, 2.05) is 6.07 Å². The fraction of sp³-hybridized carbons (Fsp3) is 0.214. The Morgan fingerprint density at radius 1 is 1.47 bits per heavy atom. The van der Waals surface area contributed by atoms with E-state index in [0.717, 1.165) is 24.0 Å². The van der Waals surface area contributed by atoms with E-state index in [0.29, 0.717) is 17.2 Å². The summed E-state index contributed by atoms with van der Waals surface area (Å²) in [6, 6.07) is 7.48. The molecule has 1 aliphatic rings. The fourth-order valence-corrected chi connectivity index (χ4v) is 2.09. The molecule has 0 unspecified atom stereocenters. The van der Waals surface area contributed by atoms with Gasteiger partial charge >= 0.3 is 11.9 Å². The molecule has 5 nitrogen and oxygen atoms in total. The molecule has 0 aliphatic heterocycles. The van der Waals surface area contributed by atoms with Crippen LogP contribution in [0.25, 0.3) is 11.3 Å². The van der Waals surface area contributed by atoms with Gasteiger partial charge in [-0.3, -0.25) is 0 Å². The summed E-state index contributed by atoms with van der Waals surface area (Å²) < 4.78 is 5.23. The molecule has 0 atom stereocenters. The van der Waals surface area contributed by atoms with Crippen LogP contribution in [0.5, 0.6) is 0 Å². The number of nitrogens with zero attached hydrogens (tertiary/aromatic N) is 2. The Labute approximate surface area is 109 Å². The molecule has 1 heterocycles. The lowest BCUT2D eigenvalue weighted by molar-refractivity contribution is 0.0654. The van der Waals surface area contributed by atoms with Crippen LogP contribution in [0.4, 0.5) is 0 Å². The summed E-state index contributed by atoms with van der Waals surface area (Å²) in [7, 11) is 0. The quantitative estimate of drug-likeness (QED) is 0.909. The van der Waals surface area contributed by atoms with Crippen LogP contribution in [0.15, 0.2) is 28.8 Å². The summed E-state index contributed by atoms with van der Waals surface area (Å²) in [4.78, 5) is 14.5. The maximum Gasteiger partial charge on any atom is 0.392 e. The van der Waals surface area contributed by atoms with Crippen molar-refractivity contribution in [2.24, 2.45) is 0 Å². The normalized spacial score (nSPS) is 14.1. The molecule has 0 radical (unpaired) electrons. The van der Waals surface area contributed by atoms with Crippen LogP contribution in [0.3, 0.4) is 0 Å². The van der Waals surface area contributed by atoms with Crippen molar-refractivity contribution in [3.05, 3.63) is 41.4 Å². The van der Waals surface area contributed by atoms with Gasteiger partial charge in [0.15, 0.2) is 5.76 Å². The lowest BCUT2D eigenvalue weighted by Gasteiger charge is -2.05. The molecule has 0 saturated heterocycles. The standard InChI is InChI=1S/C14H10N2O3/c15-6-8-1-4-10(9-2-3-9)11(5-8)12-7-16-13(19-12)14(17)18/h1,4-5,7,9H,2-3H2,(H,17,18). The Morgan fingerprint density at radius 2 is 2.26 bits per heavy atom. The number of rotatable bonds is 3. The number of nitriles is 1. The summed E-state index contributed by atoms with van der Waals surface area (Å²) >= 11 is 0. The van der Waals surface area contributed by atoms with Crippen molar-refractivity contribution in [1.29, 1.82) is 5.26 Å². The van der Waals surface area contributed by atoms with Gasteiger partial charge in [0.2, 0.25) is 0 Å². The number of aromatic nitrogens is 1. The molecule has 1 saturated carbocycles. The second kappa shape index (κ2) is 4.25. The molecule has 1 aromatic heterocycles. The Balaban J connectivity index is 2.10. The van der Waals surface area contributed by atoms with Crippen LogP contribution in [-0.2, 0) is 0 Å². The molecule has 19 heavy (non-hydrogen) atoms. The van der Waals surface area contributed by atoms with Crippen molar-refractivity contribution in [1.82, 2.24) is 4.98 Å². The number of carbonyl (C=O) groups is 1. The van der Waals surface area contributed by atoms with Crippen LogP contribution in [0, 0.1) is 11.3 Å². The minimum absolute atomic E-state index is 0.334. The number of hydrogen-bond acceptors (Lipinski definition) is 4. The van der Waals surface area contributed by atoms with Crippen LogP contribution >= 0.6 is 0 Å². The average molecular weight is 254 g/mol. The number of oxazole rings is 1. The largest absolute Gasteiger partial charge is 0.474 e. The van der Waals surface area contributed by atoms with Gasteiger partial charge in [-0.05, 0) is 36.5 Å². The van der Waals surface area contributed by atoms with E-state index >= 15 is 0 Å². The van der Waals surface area contributed by atoms with Crippen LogP contribution in [0.1, 0.15) is 40.6 Å². The SMILES string of the molecule is N#Cc1ccc(C2CC2)c(-c2cnc(C(=O)O)o2)c1. The zero-order valence-electron chi connectivity index (χ0n) is 9.96. The number of carboxylic acids is 1. The predicted octanol–water partition coefficient (Wildman–Crippen LogP) is 2.79. The molecule has 1 fully saturated rings. The van der Waals surface area contributed by atoms with E-state index < -0.39 is 5.97 Å². The van der Waals surface area contributed by atoms with Gasteiger partial charge in [-0.15, -0.1) is 0 Å². The molecule has 0 bridgehead atoms. The molecule has 1 aliphatic carbocycles. The van der Waals surface area contributed by atoms with Gasteiger partial charge in [0, 0.05) is 5.56 Å². The molecule has 1 N–H and O–H groups in total. The third-order valence-electron chi connectivity index (χ3n) is 3.15. The van der Waals surface area contributed by atoms with Gasteiger partial charge in [0.1, 0.15) is 0 Å². The third kappa shape index (κ3) is 2.08. The van der Waals surface area contributed by atoms with E-state index in [2.05, 4.69) is 11.1 Å². The minimum atomic E-state index is -1.20. The second-order valence-corrected chi connectivity index (χ2v) is 4.52. The first-order valence-corrected chi connectivity index (χ1v) is 5.92. The summed E-state index contributed by atoms with van der Waals surface area (Å²) in [6.45, 7) is 0. The zero-order valence-corrected chi connectivity index (χ0v) is 9.96. The first-order chi connectivity index (χ1) is 9.19. The second-order valence-electron chi connectivity index (χ2n) is 4.52. The van der Waals surface area contributed by atoms with Gasteiger partial charge in [0.25, 0.3) is 0 Å². The molecular formula is C14H10N2O3. The highest BCUT2D eigenvalue weighted by atomic mass is 16.4. The maximum atomic E-state index is 10.8. The molecule has 94 valence electrons. The lowest BCUT2D eigenvalue weighted by Crippen LogP contribution is -1.94. The highest BCUT2D eigenvalue weighted by Crippen LogP contribution is 2.44. The van der Waals surface area contributed by atoms with Crippen LogP contribution in [-0.4, -0.2) is 16.1 Å². The molecule has 1 aromatic carbocycles. The van der Waals surface area contributed by atoms with E-state index in [9.17, 15) is 4.79 Å². The van der Waals surface area contributed by atoms with Gasteiger partial charge in [-0.1, -0.05) is 6.07 Å². The van der Waals surface area contributed by atoms with Gasteiger partial charge in [-0.25, -0.2) is 9.78 Å². The molecule has 2 aromatic rings. The molecule has 5 heteroatoms. The summed E-state index contributed by atoms with van der Waals surface area (Å²) in [5.74, 6) is -0.660. The Morgan fingerprint density at radius 3 is 2.84 bits per heavy atom. The fourth-order valence-electron chi connectivity index (χ4n) is 2.09. The molecule has 3 rings (SSSR count). The molecular weight excluding hydrogens is 244 g/mol. The van der Waals surface area contributed by atoms with Gasteiger partial charge in [0.05, 0.1) is 17.8 Å². The Bertz CT molecular complexity index is 693. The number of carboxylic acid groups (broad SMARTS) is 1. The predicted molar refractivity (Wildman–Crippen MR) is 65.6 cm³/mol. The van der Waals surface area contributed by atoms with Crippen molar-refractivity contribution in [2.45, 2.75) is 18.8 Å². The minimum Gasteiger partial charge on any atom is -0.474 e. The summed E-state index contributed by atoms with van der Waals surface area (Å²) in [5.41, 5.74) is 2.38. The van der Waals surface area contributed by atoms with Crippen molar-refractivity contribution in [2.75, 3.05) is 0 Å². The highest BCUT2D eigenvalue weighted by Gasteiger charge is 2.28. The van der Waals surface area contributed by atoms with Crippen molar-refractivity contribution in [3.8, 4) is 17.4 Å². The maximum absolute atomic E-state index is 10.8. The lowest BCUT2D eigenvalue weighted by atomic mass is 9.99. The Hall–Kier alpha value is -2.61. The topological polar surface area (TPSA) is 87.1 Å². The van der Waals surface area contributed by atoms with Gasteiger partial charge < -0.3 is 9.52 Å². The zero-order chi connectivity index (χ0) is 13.4. The first-order valence-electron chi connectivity index (χ1n) is 5.92. The number of aromatic carboxylic acids is 1. The van der Waals surface area contributed by atoms with Crippen molar-refractivity contribution < 1.29 is 14.3 Å². The Kier molecular flexibility index (Phi) is 2.57. The average Bonchev–Trinajstić information content (AvgIpc) is 3.14. The highest BCUT2D eigenvalue weighted by molar-refractivity contribution is 5.83. The third-order valence-corrected chi connectivity index (χ3v) is 3.15. The molecule has 0 spiro atoms. The first kappa shape index (κ1) is 11.5.